The van der Waals surface area contributed by atoms with Gasteiger partial charge in [-0.3, -0.25) is 14.4 Å². The van der Waals surface area contributed by atoms with E-state index >= 15 is 0 Å². The fourth-order valence-electron chi connectivity index (χ4n) is 3.81. The van der Waals surface area contributed by atoms with Crippen molar-refractivity contribution in [1.29, 1.82) is 0 Å². The zero-order valence-corrected chi connectivity index (χ0v) is 15.2. The molecule has 1 N–H and O–H groups in total. The number of Topliss-reactive ketones (excluding diaryl/α,β-unsaturated/α-hetero) is 1. The molecule has 0 aromatic heterocycles. The number of anilines is 1. The van der Waals surface area contributed by atoms with Gasteiger partial charge in [0.05, 0.1) is 10.9 Å². The number of hydrogen-bond donors (Lipinski definition) is 1. The molecular weight excluding hydrogens is 361 g/mol. The van der Waals surface area contributed by atoms with Crippen LogP contribution in [0, 0.1) is 23.6 Å². The number of rotatable bonds is 4. The van der Waals surface area contributed by atoms with E-state index in [1.165, 1.54) is 19.1 Å². The van der Waals surface area contributed by atoms with Gasteiger partial charge in [-0.25, -0.2) is 4.39 Å². The smallest absolute Gasteiger partial charge is 0.309 e. The Hall–Kier alpha value is -1.95. The number of nitrogens with one attached hydrogen (secondary N) is 1. The number of fused-ring (bicyclic) bond motifs is 2. The Kier molecular flexibility index (Phi) is 5.61. The number of benzene rings is 1. The molecule has 2 fully saturated rings. The molecule has 2 bridgehead atoms. The number of amides is 1. The van der Waals surface area contributed by atoms with Crippen molar-refractivity contribution < 1.29 is 23.5 Å². The van der Waals surface area contributed by atoms with Crippen molar-refractivity contribution in [3.63, 3.8) is 0 Å². The van der Waals surface area contributed by atoms with Crippen LogP contribution in [-0.2, 0) is 19.1 Å². The first-order valence-corrected chi connectivity index (χ1v) is 9.23. The van der Waals surface area contributed by atoms with Crippen LogP contribution in [0.4, 0.5) is 10.1 Å². The second-order valence-electron chi connectivity index (χ2n) is 7.09. The van der Waals surface area contributed by atoms with Crippen molar-refractivity contribution >= 4 is 34.9 Å². The SMILES string of the molecule is C[C@H](OC(=O)C1C[C@H]2CCC[C@@H](C1)C2=O)C(=O)Nc1ccc(F)c(Cl)c1. The number of carbonyl (C=O) groups excluding carboxylic acids is 3. The van der Waals surface area contributed by atoms with E-state index in [1.807, 2.05) is 0 Å². The molecule has 2 aliphatic carbocycles. The molecule has 2 saturated carbocycles. The summed E-state index contributed by atoms with van der Waals surface area (Å²) in [6, 6.07) is 3.81. The summed E-state index contributed by atoms with van der Waals surface area (Å²) in [5.41, 5.74) is 0.321. The molecule has 2 aliphatic rings. The fraction of sp³-hybridized carbons (Fsp3) is 0.526. The van der Waals surface area contributed by atoms with E-state index in [-0.39, 0.29) is 28.6 Å². The van der Waals surface area contributed by atoms with E-state index in [0.29, 0.717) is 18.5 Å². The monoisotopic (exact) mass is 381 g/mol. The number of hydrogen-bond acceptors (Lipinski definition) is 4. The van der Waals surface area contributed by atoms with Gasteiger partial charge in [0.25, 0.3) is 5.91 Å². The van der Waals surface area contributed by atoms with Crippen molar-refractivity contribution in [2.24, 2.45) is 17.8 Å². The summed E-state index contributed by atoms with van der Waals surface area (Å²) in [5.74, 6) is -1.70. The average Bonchev–Trinajstić information content (AvgIpc) is 2.57. The second kappa shape index (κ2) is 7.74. The summed E-state index contributed by atoms with van der Waals surface area (Å²) in [4.78, 5) is 36.7. The Morgan fingerprint density at radius 2 is 1.92 bits per heavy atom. The lowest BCUT2D eigenvalue weighted by Crippen LogP contribution is -2.41. The third-order valence-corrected chi connectivity index (χ3v) is 5.52. The minimum absolute atomic E-state index is 0.0504. The van der Waals surface area contributed by atoms with Gasteiger partial charge >= 0.3 is 5.97 Å². The van der Waals surface area contributed by atoms with Crippen molar-refractivity contribution in [2.75, 3.05) is 5.32 Å². The highest BCUT2D eigenvalue weighted by Gasteiger charge is 2.42. The first-order chi connectivity index (χ1) is 12.3. The molecule has 7 heteroatoms. The molecule has 1 aromatic rings. The first kappa shape index (κ1) is 18.8. The first-order valence-electron chi connectivity index (χ1n) is 8.85. The Labute approximate surface area is 156 Å². The number of esters is 1. The fourth-order valence-corrected chi connectivity index (χ4v) is 3.99. The van der Waals surface area contributed by atoms with E-state index in [9.17, 15) is 18.8 Å². The third kappa shape index (κ3) is 4.06. The van der Waals surface area contributed by atoms with E-state index in [1.54, 1.807) is 0 Å². The van der Waals surface area contributed by atoms with E-state index in [4.69, 9.17) is 16.3 Å². The predicted molar refractivity (Wildman–Crippen MR) is 94.2 cm³/mol. The van der Waals surface area contributed by atoms with Gasteiger partial charge < -0.3 is 10.1 Å². The lowest BCUT2D eigenvalue weighted by atomic mass is 9.67. The number of ketones is 1. The largest absolute Gasteiger partial charge is 0.452 e. The molecule has 0 aliphatic heterocycles. The molecule has 4 atom stereocenters. The highest BCUT2D eigenvalue weighted by atomic mass is 35.5. The summed E-state index contributed by atoms with van der Waals surface area (Å²) in [7, 11) is 0. The molecule has 1 amide bonds. The van der Waals surface area contributed by atoms with Crippen LogP contribution in [0.1, 0.15) is 39.0 Å². The minimum atomic E-state index is -0.996. The van der Waals surface area contributed by atoms with Crippen molar-refractivity contribution in [3.8, 4) is 0 Å². The molecule has 140 valence electrons. The third-order valence-electron chi connectivity index (χ3n) is 5.23. The normalized spacial score (nSPS) is 26.1. The van der Waals surface area contributed by atoms with Gasteiger partial charge in [-0.05, 0) is 50.8 Å². The molecule has 0 heterocycles. The number of halogens is 2. The van der Waals surface area contributed by atoms with Crippen LogP contribution >= 0.6 is 11.6 Å². The second-order valence-corrected chi connectivity index (χ2v) is 7.50. The summed E-state index contributed by atoms with van der Waals surface area (Å²) < 4.78 is 18.5. The van der Waals surface area contributed by atoms with E-state index < -0.39 is 23.8 Å². The lowest BCUT2D eigenvalue weighted by Gasteiger charge is -2.36. The quantitative estimate of drug-likeness (QED) is 0.806. The van der Waals surface area contributed by atoms with E-state index in [0.717, 1.165) is 25.3 Å². The molecule has 1 aromatic carbocycles. The summed E-state index contributed by atoms with van der Waals surface area (Å²) in [5, 5.41) is 2.44. The summed E-state index contributed by atoms with van der Waals surface area (Å²) >= 11 is 5.68. The summed E-state index contributed by atoms with van der Waals surface area (Å²) in [6.45, 7) is 1.48. The highest BCUT2D eigenvalue weighted by molar-refractivity contribution is 6.31. The Bertz CT molecular complexity index is 722. The van der Waals surface area contributed by atoms with Crippen LogP contribution in [0.25, 0.3) is 0 Å². The molecule has 5 nitrogen and oxygen atoms in total. The Morgan fingerprint density at radius 1 is 1.27 bits per heavy atom. The Balaban J connectivity index is 1.56. The average molecular weight is 382 g/mol. The molecule has 0 saturated heterocycles. The van der Waals surface area contributed by atoms with Crippen LogP contribution in [0.5, 0.6) is 0 Å². The van der Waals surface area contributed by atoms with Gasteiger partial charge in [-0.1, -0.05) is 18.0 Å². The van der Waals surface area contributed by atoms with E-state index in [2.05, 4.69) is 5.32 Å². The topological polar surface area (TPSA) is 72.5 Å². The van der Waals surface area contributed by atoms with Crippen LogP contribution in [-0.4, -0.2) is 23.8 Å². The van der Waals surface area contributed by atoms with Crippen LogP contribution < -0.4 is 5.32 Å². The molecule has 3 rings (SSSR count). The predicted octanol–water partition coefficient (Wildman–Crippen LogP) is 3.74. The molecule has 1 unspecified atom stereocenters. The molecule has 0 spiro atoms. The van der Waals surface area contributed by atoms with Gasteiger partial charge in [0, 0.05) is 17.5 Å². The highest BCUT2D eigenvalue weighted by Crippen LogP contribution is 2.40. The van der Waals surface area contributed by atoms with Gasteiger partial charge in [0.1, 0.15) is 11.6 Å². The maximum absolute atomic E-state index is 13.2. The van der Waals surface area contributed by atoms with Crippen LogP contribution in [0.15, 0.2) is 18.2 Å². The van der Waals surface area contributed by atoms with Gasteiger partial charge in [0.2, 0.25) is 0 Å². The lowest BCUT2D eigenvalue weighted by molar-refractivity contribution is -0.161. The van der Waals surface area contributed by atoms with Crippen LogP contribution in [0.3, 0.4) is 0 Å². The number of ether oxygens (including phenoxy) is 1. The molecule has 0 radical (unpaired) electrons. The van der Waals surface area contributed by atoms with Gasteiger partial charge in [0.15, 0.2) is 6.10 Å². The maximum Gasteiger partial charge on any atom is 0.309 e. The van der Waals surface area contributed by atoms with Gasteiger partial charge in [-0.2, -0.15) is 0 Å². The molecule has 26 heavy (non-hydrogen) atoms. The van der Waals surface area contributed by atoms with Crippen molar-refractivity contribution in [2.45, 2.75) is 45.1 Å². The zero-order valence-electron chi connectivity index (χ0n) is 14.5. The number of carbonyl (C=O) groups is 3. The van der Waals surface area contributed by atoms with Crippen LogP contribution in [0.2, 0.25) is 5.02 Å². The van der Waals surface area contributed by atoms with Crippen molar-refractivity contribution in [1.82, 2.24) is 0 Å². The standard InChI is InChI=1S/C19H21ClFNO4/c1-10(18(24)22-14-5-6-16(21)15(20)9-14)26-19(25)13-7-11-3-2-4-12(8-13)17(11)23/h5-6,9-13H,2-4,7-8H2,1H3,(H,22,24)/t10-,11-,12+,13?/m0/s1. The zero-order chi connectivity index (χ0) is 18.8. The molecular formula is C19H21ClFNO4. The summed E-state index contributed by atoms with van der Waals surface area (Å²) in [6.07, 6.45) is 2.72. The maximum atomic E-state index is 13.2. The minimum Gasteiger partial charge on any atom is -0.452 e. The van der Waals surface area contributed by atoms with Gasteiger partial charge in [-0.15, -0.1) is 0 Å². The Morgan fingerprint density at radius 3 is 2.54 bits per heavy atom. The van der Waals surface area contributed by atoms with Crippen molar-refractivity contribution in [3.05, 3.63) is 29.0 Å².